The molecule has 19 heavy (non-hydrogen) atoms. The van der Waals surface area contributed by atoms with E-state index in [1.807, 2.05) is 38.1 Å². The van der Waals surface area contributed by atoms with Gasteiger partial charge >= 0.3 is 5.97 Å². The number of ether oxygens (including phenoxy) is 1. The van der Waals surface area contributed by atoms with Crippen molar-refractivity contribution in [3.05, 3.63) is 29.8 Å². The van der Waals surface area contributed by atoms with Crippen LogP contribution in [0.5, 0.6) is 5.75 Å². The summed E-state index contributed by atoms with van der Waals surface area (Å²) in [5.41, 5.74) is 1.03. The summed E-state index contributed by atoms with van der Waals surface area (Å²) < 4.78 is 5.60. The number of benzene rings is 1. The maximum atomic E-state index is 10.5. The van der Waals surface area contributed by atoms with Gasteiger partial charge in [-0.05, 0) is 31.5 Å². The number of carbonyl (C=O) groups is 1. The highest BCUT2D eigenvalue weighted by Crippen LogP contribution is 2.24. The van der Waals surface area contributed by atoms with Crippen molar-refractivity contribution in [2.24, 2.45) is 0 Å². The lowest BCUT2D eigenvalue weighted by atomic mass is 9.84. The van der Waals surface area contributed by atoms with Gasteiger partial charge in [-0.3, -0.25) is 4.79 Å². The van der Waals surface area contributed by atoms with E-state index < -0.39 is 5.97 Å². The van der Waals surface area contributed by atoms with Crippen LogP contribution in [0.1, 0.15) is 33.3 Å². The number of carboxylic acids is 1. The minimum Gasteiger partial charge on any atom is -0.491 e. The number of nitrogens with one attached hydrogen (secondary N) is 1. The minimum atomic E-state index is -0.837. The molecular formula is C15H23NO3. The number of carboxylic acid groups (broad SMARTS) is 1. The quantitative estimate of drug-likeness (QED) is 0.795. The van der Waals surface area contributed by atoms with E-state index in [9.17, 15) is 4.79 Å². The molecule has 0 aromatic heterocycles. The molecule has 1 rings (SSSR count). The molecule has 0 saturated carbocycles. The van der Waals surface area contributed by atoms with Crippen LogP contribution in [-0.4, -0.2) is 30.3 Å². The molecule has 0 atom stereocenters. The Labute approximate surface area is 114 Å². The van der Waals surface area contributed by atoms with E-state index >= 15 is 0 Å². The van der Waals surface area contributed by atoms with Gasteiger partial charge in [0.05, 0.1) is 12.6 Å². The smallest absolute Gasteiger partial charge is 0.317 e. The Morgan fingerprint density at radius 2 is 1.89 bits per heavy atom. The van der Waals surface area contributed by atoms with E-state index in [0.717, 1.165) is 11.3 Å². The number of rotatable bonds is 7. The minimum absolute atomic E-state index is 0.0159. The van der Waals surface area contributed by atoms with Gasteiger partial charge in [-0.1, -0.05) is 26.0 Å². The number of hydrogen-bond donors (Lipinski definition) is 2. The summed E-state index contributed by atoms with van der Waals surface area (Å²) in [5.74, 6) is 0.0181. The van der Waals surface area contributed by atoms with Gasteiger partial charge in [0.25, 0.3) is 0 Å². The van der Waals surface area contributed by atoms with Crippen molar-refractivity contribution >= 4 is 5.97 Å². The third-order valence-corrected chi connectivity index (χ3v) is 2.85. The fourth-order valence-corrected chi connectivity index (χ4v) is 1.84. The SMILES string of the molecule is CC(C)Oc1ccc(C(C)(C)CNCC(=O)O)cc1. The molecule has 0 aliphatic carbocycles. The van der Waals surface area contributed by atoms with Crippen LogP contribution in [-0.2, 0) is 10.2 Å². The normalized spacial score (nSPS) is 11.6. The van der Waals surface area contributed by atoms with Crippen LogP contribution >= 0.6 is 0 Å². The molecule has 0 fully saturated rings. The Morgan fingerprint density at radius 1 is 1.32 bits per heavy atom. The van der Waals surface area contributed by atoms with Crippen molar-refractivity contribution in [2.75, 3.05) is 13.1 Å². The first-order valence-electron chi connectivity index (χ1n) is 6.51. The predicted molar refractivity (Wildman–Crippen MR) is 75.7 cm³/mol. The molecule has 4 heteroatoms. The lowest BCUT2D eigenvalue weighted by molar-refractivity contribution is -0.136. The van der Waals surface area contributed by atoms with Crippen LogP contribution in [0.3, 0.4) is 0 Å². The number of hydrogen-bond acceptors (Lipinski definition) is 3. The van der Waals surface area contributed by atoms with Gasteiger partial charge in [0, 0.05) is 12.0 Å². The maximum absolute atomic E-state index is 10.5. The molecule has 4 nitrogen and oxygen atoms in total. The number of aliphatic carboxylic acids is 1. The van der Waals surface area contributed by atoms with Crippen LogP contribution < -0.4 is 10.1 Å². The summed E-state index contributed by atoms with van der Waals surface area (Å²) >= 11 is 0. The summed E-state index contributed by atoms with van der Waals surface area (Å²) in [6.07, 6.45) is 0.163. The lowest BCUT2D eigenvalue weighted by Gasteiger charge is -2.25. The average molecular weight is 265 g/mol. The van der Waals surface area contributed by atoms with Crippen LogP contribution in [0.15, 0.2) is 24.3 Å². The van der Waals surface area contributed by atoms with Crippen LogP contribution in [0.4, 0.5) is 0 Å². The molecule has 0 heterocycles. The molecule has 0 saturated heterocycles. The van der Waals surface area contributed by atoms with E-state index in [1.165, 1.54) is 0 Å². The van der Waals surface area contributed by atoms with Gasteiger partial charge in [-0.25, -0.2) is 0 Å². The first kappa shape index (κ1) is 15.5. The van der Waals surface area contributed by atoms with E-state index in [-0.39, 0.29) is 18.1 Å². The summed E-state index contributed by atoms with van der Waals surface area (Å²) in [6, 6.07) is 7.96. The van der Waals surface area contributed by atoms with Gasteiger partial charge in [0.1, 0.15) is 5.75 Å². The zero-order valence-corrected chi connectivity index (χ0v) is 12.1. The largest absolute Gasteiger partial charge is 0.491 e. The van der Waals surface area contributed by atoms with E-state index in [2.05, 4.69) is 19.2 Å². The Hall–Kier alpha value is -1.55. The van der Waals surface area contributed by atoms with Gasteiger partial charge in [-0.15, -0.1) is 0 Å². The third-order valence-electron chi connectivity index (χ3n) is 2.85. The van der Waals surface area contributed by atoms with Crippen molar-refractivity contribution in [1.82, 2.24) is 5.32 Å². The Kier molecular flexibility index (Phi) is 5.36. The lowest BCUT2D eigenvalue weighted by Crippen LogP contribution is -2.35. The highest BCUT2D eigenvalue weighted by Gasteiger charge is 2.20. The van der Waals surface area contributed by atoms with Gasteiger partial charge in [0.2, 0.25) is 0 Å². The average Bonchev–Trinajstić information content (AvgIpc) is 2.28. The summed E-state index contributed by atoms with van der Waals surface area (Å²) in [7, 11) is 0. The first-order valence-corrected chi connectivity index (χ1v) is 6.51. The van der Waals surface area contributed by atoms with E-state index in [0.29, 0.717) is 6.54 Å². The highest BCUT2D eigenvalue weighted by atomic mass is 16.5. The summed E-state index contributed by atoms with van der Waals surface area (Å²) in [4.78, 5) is 10.5. The van der Waals surface area contributed by atoms with Gasteiger partial charge in [0.15, 0.2) is 0 Å². The molecule has 0 radical (unpaired) electrons. The van der Waals surface area contributed by atoms with Gasteiger partial charge < -0.3 is 15.2 Å². The monoisotopic (exact) mass is 265 g/mol. The third kappa shape index (κ3) is 5.30. The van der Waals surface area contributed by atoms with Crippen LogP contribution in [0.2, 0.25) is 0 Å². The molecule has 1 aromatic carbocycles. The standard InChI is InChI=1S/C15H23NO3/c1-11(2)19-13-7-5-12(6-8-13)15(3,4)10-16-9-14(17)18/h5-8,11,16H,9-10H2,1-4H3,(H,17,18). The molecule has 0 spiro atoms. The second kappa shape index (κ2) is 6.57. The molecule has 2 N–H and O–H groups in total. The first-order chi connectivity index (χ1) is 8.81. The molecule has 0 unspecified atom stereocenters. The summed E-state index contributed by atoms with van der Waals surface area (Å²) in [6.45, 7) is 8.75. The highest BCUT2D eigenvalue weighted by molar-refractivity contribution is 5.69. The van der Waals surface area contributed by atoms with Crippen molar-refractivity contribution in [1.29, 1.82) is 0 Å². The predicted octanol–water partition coefficient (Wildman–Crippen LogP) is 2.43. The molecule has 1 aromatic rings. The molecule has 0 bridgehead atoms. The maximum Gasteiger partial charge on any atom is 0.317 e. The van der Waals surface area contributed by atoms with Crippen molar-refractivity contribution in [3.63, 3.8) is 0 Å². The van der Waals surface area contributed by atoms with E-state index in [4.69, 9.17) is 9.84 Å². The Balaban J connectivity index is 2.64. The fourth-order valence-electron chi connectivity index (χ4n) is 1.84. The van der Waals surface area contributed by atoms with Gasteiger partial charge in [-0.2, -0.15) is 0 Å². The molecule has 0 aliphatic heterocycles. The topological polar surface area (TPSA) is 58.6 Å². The molecule has 0 amide bonds. The van der Waals surface area contributed by atoms with E-state index in [1.54, 1.807) is 0 Å². The Morgan fingerprint density at radius 3 is 2.37 bits per heavy atom. The molecule has 106 valence electrons. The van der Waals surface area contributed by atoms with Crippen molar-refractivity contribution < 1.29 is 14.6 Å². The zero-order valence-electron chi connectivity index (χ0n) is 12.1. The van der Waals surface area contributed by atoms with Crippen molar-refractivity contribution in [3.8, 4) is 5.75 Å². The Bertz CT molecular complexity index is 410. The molecule has 0 aliphatic rings. The van der Waals surface area contributed by atoms with Crippen LogP contribution in [0, 0.1) is 0 Å². The zero-order chi connectivity index (χ0) is 14.5. The summed E-state index contributed by atoms with van der Waals surface area (Å²) in [5, 5.41) is 11.6. The molecular weight excluding hydrogens is 242 g/mol. The fraction of sp³-hybridized carbons (Fsp3) is 0.533. The second-order valence-electron chi connectivity index (χ2n) is 5.57. The van der Waals surface area contributed by atoms with Crippen molar-refractivity contribution in [2.45, 2.75) is 39.2 Å². The van der Waals surface area contributed by atoms with Crippen LogP contribution in [0.25, 0.3) is 0 Å². The second-order valence-corrected chi connectivity index (χ2v) is 5.57.